The molecular formula is C24H48FeO2. The van der Waals surface area contributed by atoms with Crippen molar-refractivity contribution in [1.82, 2.24) is 0 Å². The minimum absolute atomic E-state index is 0. The predicted molar refractivity (Wildman–Crippen MR) is 117 cm³/mol. The summed E-state index contributed by atoms with van der Waals surface area (Å²) in [5.41, 5.74) is 0. The van der Waals surface area contributed by atoms with Gasteiger partial charge in [0.25, 0.3) is 0 Å². The topological polar surface area (TPSA) is 37.3 Å². The number of carbonyl (C=O) groups is 1. The molecule has 0 radical (unpaired) electrons. The Morgan fingerprint density at radius 3 is 1.33 bits per heavy atom. The first-order chi connectivity index (χ1) is 12.7. The zero-order chi connectivity index (χ0) is 19.7. The van der Waals surface area contributed by atoms with E-state index in [9.17, 15) is 4.79 Å². The zero-order valence-electron chi connectivity index (χ0n) is 18.6. The molecule has 2 nitrogen and oxygen atoms in total. The van der Waals surface area contributed by atoms with E-state index in [1.807, 2.05) is 0 Å². The summed E-state index contributed by atoms with van der Waals surface area (Å²) in [4.78, 5) is 10.3. The molecule has 0 aliphatic heterocycles. The summed E-state index contributed by atoms with van der Waals surface area (Å²) in [7, 11) is 0. The number of hydrogen-bond acceptors (Lipinski definition) is 1. The van der Waals surface area contributed by atoms with Crippen LogP contribution in [0.3, 0.4) is 0 Å². The SMILES string of the molecule is CCCCCC.CCCCCCCC/C=C\CCCCCCCC(=O)O.[Fe]. The van der Waals surface area contributed by atoms with Crippen molar-refractivity contribution in [3.05, 3.63) is 12.2 Å². The smallest absolute Gasteiger partial charge is 0.303 e. The third-order valence-corrected chi connectivity index (χ3v) is 4.61. The zero-order valence-corrected chi connectivity index (χ0v) is 19.7. The number of aliphatic carboxylic acids is 1. The van der Waals surface area contributed by atoms with Crippen LogP contribution in [0.4, 0.5) is 0 Å². The Kier molecular flexibility index (Phi) is 35.4. The summed E-state index contributed by atoms with van der Waals surface area (Å²) in [5.74, 6) is -0.664. The third-order valence-electron chi connectivity index (χ3n) is 4.61. The second kappa shape index (κ2) is 30.5. The summed E-state index contributed by atoms with van der Waals surface area (Å²) < 4.78 is 0. The van der Waals surface area contributed by atoms with E-state index < -0.39 is 5.97 Å². The van der Waals surface area contributed by atoms with Crippen LogP contribution in [-0.4, -0.2) is 11.1 Å². The molecule has 0 rings (SSSR count). The van der Waals surface area contributed by atoms with E-state index in [1.165, 1.54) is 96.3 Å². The van der Waals surface area contributed by atoms with E-state index in [-0.39, 0.29) is 17.1 Å². The average Bonchev–Trinajstić information content (AvgIpc) is 2.63. The molecule has 0 fully saturated rings. The number of allylic oxidation sites excluding steroid dienone is 2. The first kappa shape index (κ1) is 31.4. The molecule has 0 aliphatic carbocycles. The van der Waals surface area contributed by atoms with Gasteiger partial charge in [-0.3, -0.25) is 4.79 Å². The van der Waals surface area contributed by atoms with Crippen LogP contribution in [0.25, 0.3) is 0 Å². The van der Waals surface area contributed by atoms with Gasteiger partial charge in [0.15, 0.2) is 0 Å². The fourth-order valence-electron chi connectivity index (χ4n) is 2.85. The van der Waals surface area contributed by atoms with Gasteiger partial charge in [-0.05, 0) is 32.1 Å². The van der Waals surface area contributed by atoms with Gasteiger partial charge in [-0.1, -0.05) is 110 Å². The number of rotatable bonds is 18. The fourth-order valence-corrected chi connectivity index (χ4v) is 2.85. The van der Waals surface area contributed by atoms with Crippen LogP contribution < -0.4 is 0 Å². The molecule has 0 saturated carbocycles. The van der Waals surface area contributed by atoms with Crippen LogP contribution >= 0.6 is 0 Å². The van der Waals surface area contributed by atoms with Crippen LogP contribution in [-0.2, 0) is 21.9 Å². The summed E-state index contributed by atoms with van der Waals surface area (Å²) in [6.07, 6.45) is 26.8. The monoisotopic (exact) mass is 424 g/mol. The molecule has 0 amide bonds. The normalized spacial score (nSPS) is 10.3. The second-order valence-corrected chi connectivity index (χ2v) is 7.44. The standard InChI is InChI=1S/C18H34O2.C6H14.Fe/c1-2-3-4-5-6-7-8-9-10-11-12-13-14-15-16-17-18(19)20;1-3-5-6-4-2;/h9-10H,2-8,11-17H2,1H3,(H,19,20);3-6H2,1-2H3;/b10-9-;;. The molecule has 0 heterocycles. The molecule has 0 spiro atoms. The van der Waals surface area contributed by atoms with Crippen molar-refractivity contribution in [3.8, 4) is 0 Å². The van der Waals surface area contributed by atoms with Crippen molar-refractivity contribution < 1.29 is 27.0 Å². The maximum atomic E-state index is 10.3. The van der Waals surface area contributed by atoms with Crippen molar-refractivity contribution in [1.29, 1.82) is 0 Å². The summed E-state index contributed by atoms with van der Waals surface area (Å²) >= 11 is 0. The fraction of sp³-hybridized carbons (Fsp3) is 0.875. The molecule has 1 N–H and O–H groups in total. The Morgan fingerprint density at radius 1 is 0.593 bits per heavy atom. The number of hydrogen-bond donors (Lipinski definition) is 1. The van der Waals surface area contributed by atoms with Gasteiger partial charge in [0.1, 0.15) is 0 Å². The van der Waals surface area contributed by atoms with Gasteiger partial charge in [-0.2, -0.15) is 0 Å². The van der Waals surface area contributed by atoms with Crippen LogP contribution in [0, 0.1) is 0 Å². The molecule has 0 aromatic heterocycles. The number of carboxylic acid groups (broad SMARTS) is 1. The molecule has 0 atom stereocenters. The maximum Gasteiger partial charge on any atom is 0.303 e. The van der Waals surface area contributed by atoms with E-state index in [0.717, 1.165) is 12.8 Å². The molecule has 3 heteroatoms. The Balaban J connectivity index is -0.000000709. The van der Waals surface area contributed by atoms with Crippen molar-refractivity contribution in [2.45, 2.75) is 136 Å². The maximum absolute atomic E-state index is 10.3. The van der Waals surface area contributed by atoms with Crippen molar-refractivity contribution in [2.75, 3.05) is 0 Å². The van der Waals surface area contributed by atoms with E-state index >= 15 is 0 Å². The Labute approximate surface area is 181 Å². The Hall–Kier alpha value is -0.271. The second-order valence-electron chi connectivity index (χ2n) is 7.44. The largest absolute Gasteiger partial charge is 0.481 e. The summed E-state index contributed by atoms with van der Waals surface area (Å²) in [6, 6.07) is 0. The Morgan fingerprint density at radius 2 is 0.926 bits per heavy atom. The van der Waals surface area contributed by atoms with Gasteiger partial charge in [-0.25, -0.2) is 0 Å². The van der Waals surface area contributed by atoms with Gasteiger partial charge in [0, 0.05) is 23.5 Å². The van der Waals surface area contributed by atoms with Gasteiger partial charge < -0.3 is 5.11 Å². The van der Waals surface area contributed by atoms with Crippen molar-refractivity contribution in [3.63, 3.8) is 0 Å². The molecule has 0 aliphatic rings. The van der Waals surface area contributed by atoms with E-state index in [4.69, 9.17) is 5.11 Å². The quantitative estimate of drug-likeness (QED) is 0.136. The van der Waals surface area contributed by atoms with Crippen LogP contribution in [0.5, 0.6) is 0 Å². The van der Waals surface area contributed by atoms with E-state index in [2.05, 4.69) is 32.9 Å². The van der Waals surface area contributed by atoms with Crippen LogP contribution in [0.15, 0.2) is 12.2 Å². The van der Waals surface area contributed by atoms with E-state index in [1.54, 1.807) is 0 Å². The molecule has 0 unspecified atom stereocenters. The van der Waals surface area contributed by atoms with Gasteiger partial charge >= 0.3 is 5.97 Å². The first-order valence-corrected chi connectivity index (χ1v) is 11.6. The molecule has 0 aromatic carbocycles. The number of unbranched alkanes of at least 4 members (excludes halogenated alkanes) is 14. The minimum Gasteiger partial charge on any atom is -0.481 e. The molecule has 164 valence electrons. The van der Waals surface area contributed by atoms with Crippen molar-refractivity contribution >= 4 is 5.97 Å². The summed E-state index contributed by atoms with van der Waals surface area (Å²) in [5, 5.41) is 8.51. The summed E-state index contributed by atoms with van der Waals surface area (Å²) in [6.45, 7) is 6.72. The molecule has 0 bridgehead atoms. The average molecular weight is 424 g/mol. The third kappa shape index (κ3) is 37.2. The Bertz CT molecular complexity index is 286. The molecule has 27 heavy (non-hydrogen) atoms. The van der Waals surface area contributed by atoms with Crippen LogP contribution in [0.1, 0.15) is 136 Å². The molecular weight excluding hydrogens is 376 g/mol. The van der Waals surface area contributed by atoms with E-state index in [0.29, 0.717) is 6.42 Å². The van der Waals surface area contributed by atoms with Crippen molar-refractivity contribution in [2.24, 2.45) is 0 Å². The number of carboxylic acids is 1. The van der Waals surface area contributed by atoms with Gasteiger partial charge in [-0.15, -0.1) is 0 Å². The van der Waals surface area contributed by atoms with Gasteiger partial charge in [0.05, 0.1) is 0 Å². The molecule has 0 saturated heterocycles. The molecule has 0 aromatic rings. The minimum atomic E-state index is -0.664. The van der Waals surface area contributed by atoms with Gasteiger partial charge in [0.2, 0.25) is 0 Å². The predicted octanol–water partition coefficient (Wildman–Crippen LogP) is 8.69. The first-order valence-electron chi connectivity index (χ1n) is 11.6. The van der Waals surface area contributed by atoms with Crippen LogP contribution in [0.2, 0.25) is 0 Å².